The molecular weight excluding hydrogens is 246 g/mol. The number of hydrogen-bond acceptors (Lipinski definition) is 3. The lowest BCUT2D eigenvalue weighted by atomic mass is 10.1. The Morgan fingerprint density at radius 1 is 1.30 bits per heavy atom. The van der Waals surface area contributed by atoms with Crippen molar-refractivity contribution in [2.75, 3.05) is 11.4 Å². The minimum atomic E-state index is 0.684. The normalized spacial score (nSPS) is 22.6. The summed E-state index contributed by atoms with van der Waals surface area (Å²) in [5.41, 5.74) is 3.96. The summed E-state index contributed by atoms with van der Waals surface area (Å²) in [6, 6.07) is 3.66. The highest BCUT2D eigenvalue weighted by atomic mass is 15.2. The van der Waals surface area contributed by atoms with Gasteiger partial charge in [-0.15, -0.1) is 0 Å². The fraction of sp³-hybridized carbons (Fsp3) is 0.706. The third kappa shape index (κ3) is 2.83. The number of anilines is 1. The van der Waals surface area contributed by atoms with Crippen LogP contribution in [0.4, 0.5) is 5.82 Å². The number of rotatable bonds is 5. The van der Waals surface area contributed by atoms with Crippen LogP contribution in [0.15, 0.2) is 6.07 Å². The maximum absolute atomic E-state index is 4.90. The smallest absolute Gasteiger partial charge is 0.133 e. The van der Waals surface area contributed by atoms with Gasteiger partial charge in [0, 0.05) is 36.4 Å². The first-order chi connectivity index (χ1) is 9.69. The van der Waals surface area contributed by atoms with Crippen LogP contribution >= 0.6 is 0 Å². The van der Waals surface area contributed by atoms with E-state index in [1.54, 1.807) is 0 Å². The molecule has 1 unspecified atom stereocenters. The van der Waals surface area contributed by atoms with Gasteiger partial charge in [-0.05, 0) is 57.6 Å². The molecule has 1 aliphatic carbocycles. The third-order valence-corrected chi connectivity index (χ3v) is 4.72. The molecule has 0 spiro atoms. The summed E-state index contributed by atoms with van der Waals surface area (Å²) >= 11 is 0. The average Bonchev–Trinajstić information content (AvgIpc) is 3.12. The molecule has 0 bridgehead atoms. The van der Waals surface area contributed by atoms with Crippen LogP contribution in [0.1, 0.15) is 55.8 Å². The summed E-state index contributed by atoms with van der Waals surface area (Å²) < 4.78 is 0. The van der Waals surface area contributed by atoms with Crippen molar-refractivity contribution >= 4 is 5.82 Å². The van der Waals surface area contributed by atoms with E-state index < -0.39 is 0 Å². The molecule has 1 N–H and O–H groups in total. The first-order valence-electron chi connectivity index (χ1n) is 8.16. The van der Waals surface area contributed by atoms with Gasteiger partial charge in [0.1, 0.15) is 5.82 Å². The molecule has 0 radical (unpaired) electrons. The molecule has 2 heterocycles. The second-order valence-corrected chi connectivity index (χ2v) is 6.44. The molecular formula is C17H27N3. The van der Waals surface area contributed by atoms with Gasteiger partial charge >= 0.3 is 0 Å². The number of nitrogens with zero attached hydrogens (tertiary/aromatic N) is 2. The fourth-order valence-electron chi connectivity index (χ4n) is 3.37. The summed E-state index contributed by atoms with van der Waals surface area (Å²) in [6.07, 6.45) is 6.54. The number of nitrogens with one attached hydrogen (secondary N) is 1. The van der Waals surface area contributed by atoms with Crippen LogP contribution in [-0.2, 0) is 6.54 Å². The van der Waals surface area contributed by atoms with Crippen LogP contribution in [-0.4, -0.2) is 23.6 Å². The minimum Gasteiger partial charge on any atom is -0.353 e. The van der Waals surface area contributed by atoms with E-state index in [4.69, 9.17) is 4.98 Å². The van der Waals surface area contributed by atoms with Crippen LogP contribution in [0.2, 0.25) is 0 Å². The van der Waals surface area contributed by atoms with Crippen molar-refractivity contribution in [2.45, 2.75) is 71.5 Å². The van der Waals surface area contributed by atoms with Gasteiger partial charge in [-0.25, -0.2) is 4.98 Å². The van der Waals surface area contributed by atoms with E-state index in [1.165, 1.54) is 55.6 Å². The molecule has 3 heteroatoms. The zero-order valence-electron chi connectivity index (χ0n) is 13.1. The molecule has 1 aliphatic heterocycles. The van der Waals surface area contributed by atoms with E-state index in [0.717, 1.165) is 18.3 Å². The summed E-state index contributed by atoms with van der Waals surface area (Å²) in [7, 11) is 0. The molecule has 0 aromatic carbocycles. The number of hydrogen-bond donors (Lipinski definition) is 1. The van der Waals surface area contributed by atoms with Gasteiger partial charge in [0.05, 0.1) is 0 Å². The van der Waals surface area contributed by atoms with Crippen LogP contribution in [0.3, 0.4) is 0 Å². The average molecular weight is 273 g/mol. The Hall–Kier alpha value is -1.09. The highest BCUT2D eigenvalue weighted by Gasteiger charge is 2.28. The van der Waals surface area contributed by atoms with Gasteiger partial charge < -0.3 is 10.2 Å². The lowest BCUT2D eigenvalue weighted by Crippen LogP contribution is -2.31. The van der Waals surface area contributed by atoms with Crippen molar-refractivity contribution in [3.63, 3.8) is 0 Å². The van der Waals surface area contributed by atoms with Gasteiger partial charge in [-0.2, -0.15) is 0 Å². The molecule has 3 rings (SSSR count). The number of aromatic nitrogens is 1. The van der Waals surface area contributed by atoms with E-state index in [-0.39, 0.29) is 0 Å². The topological polar surface area (TPSA) is 28.2 Å². The lowest BCUT2D eigenvalue weighted by molar-refractivity contribution is 0.629. The first kappa shape index (κ1) is 13.9. The first-order valence-corrected chi connectivity index (χ1v) is 8.16. The maximum atomic E-state index is 4.90. The van der Waals surface area contributed by atoms with Crippen molar-refractivity contribution in [1.82, 2.24) is 10.3 Å². The minimum absolute atomic E-state index is 0.684. The Bertz CT molecular complexity index is 479. The number of aryl methyl sites for hydroxylation is 2. The van der Waals surface area contributed by atoms with E-state index in [1.807, 2.05) is 0 Å². The quantitative estimate of drug-likeness (QED) is 0.892. The zero-order chi connectivity index (χ0) is 14.1. The van der Waals surface area contributed by atoms with E-state index >= 15 is 0 Å². The highest BCUT2D eigenvalue weighted by molar-refractivity contribution is 5.53. The molecule has 3 nitrogen and oxygen atoms in total. The lowest BCUT2D eigenvalue weighted by Gasteiger charge is -2.28. The Morgan fingerprint density at radius 2 is 2.10 bits per heavy atom. The second-order valence-electron chi connectivity index (χ2n) is 6.44. The van der Waals surface area contributed by atoms with Crippen LogP contribution in [0.5, 0.6) is 0 Å². The molecule has 0 amide bonds. The molecule has 1 atom stereocenters. The summed E-state index contributed by atoms with van der Waals surface area (Å²) in [4.78, 5) is 7.46. The Kier molecular flexibility index (Phi) is 3.97. The Balaban J connectivity index is 1.89. The Morgan fingerprint density at radius 3 is 2.80 bits per heavy atom. The maximum Gasteiger partial charge on any atom is 0.133 e. The standard InChI is InChI=1S/C17H27N3/c1-4-15-6-5-9-20(15)17-16(11-18-14-7-8-14)12(2)10-13(3)19-17/h10,14-15,18H,4-9,11H2,1-3H3. The van der Waals surface area contributed by atoms with Gasteiger partial charge in [0.2, 0.25) is 0 Å². The SMILES string of the molecule is CCC1CCCN1c1nc(C)cc(C)c1CNC1CC1. The van der Waals surface area contributed by atoms with Gasteiger partial charge in [0.25, 0.3) is 0 Å². The predicted octanol–water partition coefficient (Wildman–Crippen LogP) is 3.33. The van der Waals surface area contributed by atoms with Crippen molar-refractivity contribution in [2.24, 2.45) is 0 Å². The molecule has 2 aliphatic rings. The third-order valence-electron chi connectivity index (χ3n) is 4.72. The Labute approximate surface area is 122 Å². The summed E-state index contributed by atoms with van der Waals surface area (Å²) in [6.45, 7) is 8.80. The molecule has 1 aromatic rings. The molecule has 1 aromatic heterocycles. The number of pyridine rings is 1. The van der Waals surface area contributed by atoms with Gasteiger partial charge in [-0.1, -0.05) is 6.92 Å². The fourth-order valence-corrected chi connectivity index (χ4v) is 3.37. The van der Waals surface area contributed by atoms with E-state index in [2.05, 4.69) is 37.1 Å². The van der Waals surface area contributed by atoms with E-state index in [0.29, 0.717) is 6.04 Å². The largest absolute Gasteiger partial charge is 0.353 e. The molecule has 1 saturated heterocycles. The van der Waals surface area contributed by atoms with Crippen LogP contribution < -0.4 is 10.2 Å². The molecule has 2 fully saturated rings. The van der Waals surface area contributed by atoms with Crippen molar-refractivity contribution < 1.29 is 0 Å². The van der Waals surface area contributed by atoms with Crippen LogP contribution in [0, 0.1) is 13.8 Å². The van der Waals surface area contributed by atoms with Crippen molar-refractivity contribution in [1.29, 1.82) is 0 Å². The predicted molar refractivity (Wildman–Crippen MR) is 84.2 cm³/mol. The molecule has 20 heavy (non-hydrogen) atoms. The second kappa shape index (κ2) is 5.72. The monoisotopic (exact) mass is 273 g/mol. The molecule has 110 valence electrons. The summed E-state index contributed by atoms with van der Waals surface area (Å²) in [5.74, 6) is 1.25. The van der Waals surface area contributed by atoms with Crippen molar-refractivity contribution in [3.8, 4) is 0 Å². The zero-order valence-corrected chi connectivity index (χ0v) is 13.1. The van der Waals surface area contributed by atoms with E-state index in [9.17, 15) is 0 Å². The van der Waals surface area contributed by atoms with Gasteiger partial charge in [0.15, 0.2) is 0 Å². The summed E-state index contributed by atoms with van der Waals surface area (Å²) in [5, 5.41) is 3.66. The molecule has 1 saturated carbocycles. The van der Waals surface area contributed by atoms with Crippen molar-refractivity contribution in [3.05, 3.63) is 22.9 Å². The van der Waals surface area contributed by atoms with Crippen LogP contribution in [0.25, 0.3) is 0 Å². The highest BCUT2D eigenvalue weighted by Crippen LogP contribution is 2.31. The van der Waals surface area contributed by atoms with Gasteiger partial charge in [-0.3, -0.25) is 0 Å².